The predicted molar refractivity (Wildman–Crippen MR) is 104 cm³/mol. The van der Waals surface area contributed by atoms with E-state index in [2.05, 4.69) is 16.9 Å². The molecule has 1 heterocycles. The van der Waals surface area contributed by atoms with Crippen molar-refractivity contribution in [2.75, 3.05) is 13.7 Å². The second-order valence-corrected chi connectivity index (χ2v) is 7.10. The van der Waals surface area contributed by atoms with Gasteiger partial charge in [0.15, 0.2) is 5.78 Å². The van der Waals surface area contributed by atoms with Gasteiger partial charge in [0.25, 0.3) is 0 Å². The normalized spacial score (nSPS) is 15.3. The standard InChI is InChI=1S/C20H28N2O2.ClH/c1-15-11-19-17(12-18(15)20(23)9-6-10-24-2)14-22(21-19)13-16-7-4-3-5-8-16;/h11-12,14,16H,3-10,13H2,1-2H3;1H. The molecule has 0 atom stereocenters. The second kappa shape index (κ2) is 9.35. The maximum absolute atomic E-state index is 12.4. The molecule has 1 aliphatic rings. The Morgan fingerprint density at radius 3 is 2.76 bits per heavy atom. The fraction of sp³-hybridized carbons (Fsp3) is 0.600. The first-order chi connectivity index (χ1) is 11.7. The summed E-state index contributed by atoms with van der Waals surface area (Å²) in [6, 6.07) is 4.07. The number of fused-ring (bicyclic) bond motifs is 1. The van der Waals surface area contributed by atoms with Gasteiger partial charge < -0.3 is 4.74 Å². The summed E-state index contributed by atoms with van der Waals surface area (Å²) in [5, 5.41) is 5.80. The van der Waals surface area contributed by atoms with E-state index in [9.17, 15) is 4.79 Å². The highest BCUT2D eigenvalue weighted by atomic mass is 35.5. The van der Waals surface area contributed by atoms with Crippen LogP contribution in [0.2, 0.25) is 0 Å². The number of hydrogen-bond donors (Lipinski definition) is 0. The summed E-state index contributed by atoms with van der Waals surface area (Å²) in [4.78, 5) is 12.4. The lowest BCUT2D eigenvalue weighted by Crippen LogP contribution is -2.14. The van der Waals surface area contributed by atoms with Crippen LogP contribution >= 0.6 is 12.4 Å². The number of benzene rings is 1. The molecule has 2 aromatic rings. The third-order valence-corrected chi connectivity index (χ3v) is 5.12. The molecule has 1 aromatic carbocycles. The second-order valence-electron chi connectivity index (χ2n) is 7.10. The van der Waals surface area contributed by atoms with Crippen LogP contribution in [0.25, 0.3) is 10.9 Å². The van der Waals surface area contributed by atoms with Gasteiger partial charge in [-0.2, -0.15) is 5.10 Å². The summed E-state index contributed by atoms with van der Waals surface area (Å²) < 4.78 is 7.12. The van der Waals surface area contributed by atoms with Crippen LogP contribution in [0.5, 0.6) is 0 Å². The zero-order valence-corrected chi connectivity index (χ0v) is 16.1. The van der Waals surface area contributed by atoms with Crippen LogP contribution in [0.15, 0.2) is 18.3 Å². The number of methoxy groups -OCH3 is 1. The monoisotopic (exact) mass is 364 g/mol. The molecule has 0 amide bonds. The maximum Gasteiger partial charge on any atom is 0.163 e. The summed E-state index contributed by atoms with van der Waals surface area (Å²) >= 11 is 0. The minimum Gasteiger partial charge on any atom is -0.385 e. The van der Waals surface area contributed by atoms with Crippen LogP contribution < -0.4 is 0 Å². The number of Topliss-reactive ketones (excluding diaryl/α,β-unsaturated/α-hetero) is 1. The molecule has 4 nitrogen and oxygen atoms in total. The van der Waals surface area contributed by atoms with E-state index in [1.807, 2.05) is 13.0 Å². The lowest BCUT2D eigenvalue weighted by Gasteiger charge is -2.21. The van der Waals surface area contributed by atoms with Gasteiger partial charge >= 0.3 is 0 Å². The first-order valence-electron chi connectivity index (χ1n) is 9.17. The molecule has 0 radical (unpaired) electrons. The topological polar surface area (TPSA) is 44.1 Å². The Kier molecular flexibility index (Phi) is 7.45. The Morgan fingerprint density at radius 1 is 1.28 bits per heavy atom. The Labute approximate surface area is 156 Å². The van der Waals surface area contributed by atoms with Crippen LogP contribution in [0.4, 0.5) is 0 Å². The number of carbonyl (C=O) groups is 1. The van der Waals surface area contributed by atoms with Gasteiger partial charge in [-0.3, -0.25) is 9.48 Å². The molecule has 1 saturated carbocycles. The van der Waals surface area contributed by atoms with E-state index in [1.165, 1.54) is 32.1 Å². The smallest absolute Gasteiger partial charge is 0.163 e. The van der Waals surface area contributed by atoms with Crippen LogP contribution in [-0.4, -0.2) is 29.3 Å². The number of aryl methyl sites for hydroxylation is 1. The van der Waals surface area contributed by atoms with Crippen molar-refractivity contribution in [3.63, 3.8) is 0 Å². The van der Waals surface area contributed by atoms with Gasteiger partial charge in [-0.05, 0) is 49.8 Å². The molecular formula is C20H29ClN2O2. The van der Waals surface area contributed by atoms with Crippen molar-refractivity contribution >= 4 is 29.1 Å². The van der Waals surface area contributed by atoms with Gasteiger partial charge in [0.05, 0.1) is 5.52 Å². The number of halogens is 1. The van der Waals surface area contributed by atoms with E-state index >= 15 is 0 Å². The number of nitrogens with zero attached hydrogens (tertiary/aromatic N) is 2. The van der Waals surface area contributed by atoms with Crippen molar-refractivity contribution in [1.29, 1.82) is 0 Å². The van der Waals surface area contributed by atoms with E-state index in [-0.39, 0.29) is 18.2 Å². The highest BCUT2D eigenvalue weighted by Crippen LogP contribution is 2.26. The van der Waals surface area contributed by atoms with E-state index in [0.717, 1.165) is 40.9 Å². The first kappa shape index (κ1) is 19.9. The van der Waals surface area contributed by atoms with Crippen LogP contribution in [0, 0.1) is 12.8 Å². The molecule has 0 spiro atoms. The Morgan fingerprint density at radius 2 is 2.04 bits per heavy atom. The van der Waals surface area contributed by atoms with Crippen molar-refractivity contribution in [2.24, 2.45) is 5.92 Å². The molecule has 0 saturated heterocycles. The fourth-order valence-corrected chi connectivity index (χ4v) is 3.77. The van der Waals surface area contributed by atoms with Crippen molar-refractivity contribution < 1.29 is 9.53 Å². The van der Waals surface area contributed by atoms with Gasteiger partial charge in [-0.1, -0.05) is 19.3 Å². The van der Waals surface area contributed by atoms with Crippen molar-refractivity contribution in [3.8, 4) is 0 Å². The summed E-state index contributed by atoms with van der Waals surface area (Å²) in [5.41, 5.74) is 2.85. The average Bonchev–Trinajstić information content (AvgIpc) is 2.96. The van der Waals surface area contributed by atoms with Crippen molar-refractivity contribution in [2.45, 2.75) is 58.4 Å². The third-order valence-electron chi connectivity index (χ3n) is 5.12. The third kappa shape index (κ3) is 5.05. The molecule has 0 unspecified atom stereocenters. The number of rotatable bonds is 7. The highest BCUT2D eigenvalue weighted by Gasteiger charge is 2.16. The van der Waals surface area contributed by atoms with Crippen LogP contribution in [0.3, 0.4) is 0 Å². The molecule has 0 bridgehead atoms. The molecule has 1 fully saturated rings. The Bertz CT molecular complexity index is 705. The lowest BCUT2D eigenvalue weighted by atomic mass is 9.89. The van der Waals surface area contributed by atoms with Gasteiger partial charge in [-0.15, -0.1) is 12.4 Å². The molecule has 1 aliphatic carbocycles. The van der Waals surface area contributed by atoms with Crippen LogP contribution in [-0.2, 0) is 11.3 Å². The molecule has 5 heteroatoms. The van der Waals surface area contributed by atoms with Gasteiger partial charge in [0.2, 0.25) is 0 Å². The summed E-state index contributed by atoms with van der Waals surface area (Å²) in [6.45, 7) is 3.64. The zero-order chi connectivity index (χ0) is 16.9. The number of carbonyl (C=O) groups excluding carboxylic acids is 1. The van der Waals surface area contributed by atoms with Gasteiger partial charge in [-0.25, -0.2) is 0 Å². The van der Waals surface area contributed by atoms with Crippen molar-refractivity contribution in [3.05, 3.63) is 29.5 Å². The largest absolute Gasteiger partial charge is 0.385 e. The minimum atomic E-state index is 0. The molecule has 25 heavy (non-hydrogen) atoms. The van der Waals surface area contributed by atoms with Crippen LogP contribution in [0.1, 0.15) is 60.9 Å². The Hall–Kier alpha value is -1.39. The Balaban J connectivity index is 0.00000225. The number of ether oxygens (including phenoxy) is 1. The van der Waals surface area contributed by atoms with E-state index in [0.29, 0.717) is 13.0 Å². The summed E-state index contributed by atoms with van der Waals surface area (Å²) in [7, 11) is 1.67. The molecule has 0 aliphatic heterocycles. The average molecular weight is 365 g/mol. The fourth-order valence-electron chi connectivity index (χ4n) is 3.77. The van der Waals surface area contributed by atoms with Gasteiger partial charge in [0.1, 0.15) is 0 Å². The van der Waals surface area contributed by atoms with Crippen molar-refractivity contribution in [1.82, 2.24) is 9.78 Å². The number of aromatic nitrogens is 2. The van der Waals surface area contributed by atoms with E-state index < -0.39 is 0 Å². The molecular weight excluding hydrogens is 336 g/mol. The minimum absolute atomic E-state index is 0. The first-order valence-corrected chi connectivity index (χ1v) is 9.17. The number of ketones is 1. The quantitative estimate of drug-likeness (QED) is 0.515. The zero-order valence-electron chi connectivity index (χ0n) is 15.3. The summed E-state index contributed by atoms with van der Waals surface area (Å²) in [5.74, 6) is 0.954. The van der Waals surface area contributed by atoms with E-state index in [1.54, 1.807) is 7.11 Å². The molecule has 0 N–H and O–H groups in total. The van der Waals surface area contributed by atoms with E-state index in [4.69, 9.17) is 9.84 Å². The van der Waals surface area contributed by atoms with Gasteiger partial charge in [0, 0.05) is 43.8 Å². The molecule has 1 aromatic heterocycles. The molecule has 138 valence electrons. The number of hydrogen-bond acceptors (Lipinski definition) is 3. The highest BCUT2D eigenvalue weighted by molar-refractivity contribution is 6.00. The maximum atomic E-state index is 12.4. The lowest BCUT2D eigenvalue weighted by molar-refractivity contribution is 0.0963. The SMILES string of the molecule is COCCCC(=O)c1cc2cn(CC3CCCCC3)nc2cc1C.Cl. The predicted octanol–water partition coefficient (Wildman–Crippen LogP) is 4.96. The molecule has 3 rings (SSSR count). The summed E-state index contributed by atoms with van der Waals surface area (Å²) in [6.07, 6.45) is 10.1.